The predicted molar refractivity (Wildman–Crippen MR) is 77.9 cm³/mol. The first-order chi connectivity index (χ1) is 8.47. The largest absolute Gasteiger partial charge is 0.311 e. The minimum Gasteiger partial charge on any atom is -0.311 e. The van der Waals surface area contributed by atoms with Crippen molar-refractivity contribution < 1.29 is 0 Å². The zero-order valence-corrected chi connectivity index (χ0v) is 11.7. The second-order valence-electron chi connectivity index (χ2n) is 5.95. The Morgan fingerprint density at radius 2 is 1.89 bits per heavy atom. The van der Waals surface area contributed by atoms with E-state index < -0.39 is 0 Å². The van der Waals surface area contributed by atoms with Crippen molar-refractivity contribution in [3.8, 4) is 0 Å². The van der Waals surface area contributed by atoms with Crippen molar-refractivity contribution in [2.24, 2.45) is 0 Å². The molecule has 1 atom stereocenters. The lowest BCUT2D eigenvalue weighted by atomic mass is 9.99. The van der Waals surface area contributed by atoms with Gasteiger partial charge in [-0.3, -0.25) is 4.98 Å². The normalized spacial score (nSPS) is 13.8. The number of hydrogen-bond acceptors (Lipinski definition) is 2. The fraction of sp³-hybridized carbons (Fsp3) is 0.438. The Hall–Kier alpha value is -1.41. The van der Waals surface area contributed by atoms with Crippen molar-refractivity contribution in [3.05, 3.63) is 42.2 Å². The summed E-state index contributed by atoms with van der Waals surface area (Å²) in [6.45, 7) is 9.75. The summed E-state index contributed by atoms with van der Waals surface area (Å²) < 4.78 is 0. The molecule has 0 fully saturated rings. The highest BCUT2D eigenvalue weighted by Crippen LogP contribution is 2.23. The van der Waals surface area contributed by atoms with E-state index in [1.54, 1.807) is 0 Å². The number of nitrogens with zero attached hydrogens (tertiary/aromatic N) is 1. The number of benzene rings is 1. The molecule has 0 aliphatic heterocycles. The highest BCUT2D eigenvalue weighted by Gasteiger charge is 2.14. The second kappa shape index (κ2) is 5.07. The summed E-state index contributed by atoms with van der Waals surface area (Å²) in [5.41, 5.74) is 1.34. The molecule has 2 rings (SSSR count). The molecule has 0 aliphatic rings. The maximum atomic E-state index is 4.57. The van der Waals surface area contributed by atoms with Crippen LogP contribution in [0.5, 0.6) is 0 Å². The van der Waals surface area contributed by atoms with Crippen LogP contribution in [0.3, 0.4) is 0 Å². The van der Waals surface area contributed by atoms with E-state index in [0.717, 1.165) is 6.54 Å². The van der Waals surface area contributed by atoms with Gasteiger partial charge in [-0.15, -0.1) is 0 Å². The number of rotatable bonds is 3. The van der Waals surface area contributed by atoms with E-state index in [1.807, 2.05) is 6.20 Å². The molecule has 1 heterocycles. The average molecular weight is 242 g/mol. The first kappa shape index (κ1) is 13.0. The number of aromatic nitrogens is 1. The summed E-state index contributed by atoms with van der Waals surface area (Å²) in [4.78, 5) is 4.57. The van der Waals surface area contributed by atoms with Gasteiger partial charge in [0, 0.05) is 29.6 Å². The predicted octanol–water partition coefficient (Wildman–Crippen LogP) is 3.73. The van der Waals surface area contributed by atoms with Crippen LogP contribution in [0.15, 0.2) is 36.5 Å². The van der Waals surface area contributed by atoms with Gasteiger partial charge < -0.3 is 5.32 Å². The smallest absolute Gasteiger partial charge is 0.0522 e. The van der Waals surface area contributed by atoms with Crippen LogP contribution in [0.1, 0.15) is 39.3 Å². The topological polar surface area (TPSA) is 24.9 Å². The van der Waals surface area contributed by atoms with E-state index in [0.29, 0.717) is 5.92 Å². The molecule has 1 N–H and O–H groups in total. The van der Waals surface area contributed by atoms with Crippen LogP contribution in [-0.2, 0) is 0 Å². The van der Waals surface area contributed by atoms with Crippen LogP contribution in [0.4, 0.5) is 0 Å². The quantitative estimate of drug-likeness (QED) is 0.887. The van der Waals surface area contributed by atoms with Gasteiger partial charge in [0.15, 0.2) is 0 Å². The third-order valence-corrected chi connectivity index (χ3v) is 3.11. The fourth-order valence-electron chi connectivity index (χ4n) is 2.09. The minimum absolute atomic E-state index is 0.152. The molecular weight excluding hydrogens is 220 g/mol. The molecule has 0 spiro atoms. The Bertz CT molecular complexity index is 521. The lowest BCUT2D eigenvalue weighted by Gasteiger charge is -2.23. The van der Waals surface area contributed by atoms with Crippen molar-refractivity contribution in [2.45, 2.75) is 39.2 Å². The molecular formula is C16H22N2. The van der Waals surface area contributed by atoms with Crippen LogP contribution in [0.25, 0.3) is 10.8 Å². The van der Waals surface area contributed by atoms with E-state index in [2.05, 4.69) is 68.3 Å². The third-order valence-electron chi connectivity index (χ3n) is 3.11. The van der Waals surface area contributed by atoms with Crippen molar-refractivity contribution in [3.63, 3.8) is 0 Å². The molecule has 18 heavy (non-hydrogen) atoms. The Morgan fingerprint density at radius 3 is 2.61 bits per heavy atom. The number of pyridine rings is 1. The molecule has 0 amide bonds. The van der Waals surface area contributed by atoms with Gasteiger partial charge in [-0.05, 0) is 32.2 Å². The SMILES string of the molecule is C[C@H](CNC(C)(C)C)c1nccc2ccccc12. The molecule has 1 aromatic heterocycles. The van der Waals surface area contributed by atoms with Gasteiger partial charge in [0.05, 0.1) is 5.69 Å². The van der Waals surface area contributed by atoms with Crippen molar-refractivity contribution in [2.75, 3.05) is 6.54 Å². The van der Waals surface area contributed by atoms with Gasteiger partial charge in [-0.1, -0.05) is 31.2 Å². The Balaban J connectivity index is 2.25. The lowest BCUT2D eigenvalue weighted by molar-refractivity contribution is 0.411. The van der Waals surface area contributed by atoms with Crippen molar-refractivity contribution in [1.82, 2.24) is 10.3 Å². The molecule has 96 valence electrons. The molecule has 2 aromatic rings. The summed E-state index contributed by atoms with van der Waals surface area (Å²) in [5, 5.41) is 6.08. The second-order valence-corrected chi connectivity index (χ2v) is 5.95. The van der Waals surface area contributed by atoms with Crippen molar-refractivity contribution >= 4 is 10.8 Å². The average Bonchev–Trinajstić information content (AvgIpc) is 2.34. The van der Waals surface area contributed by atoms with Gasteiger partial charge in [0.25, 0.3) is 0 Å². The van der Waals surface area contributed by atoms with Crippen molar-refractivity contribution in [1.29, 1.82) is 0 Å². The molecule has 0 aliphatic carbocycles. The van der Waals surface area contributed by atoms with E-state index in [-0.39, 0.29) is 5.54 Å². The molecule has 2 heteroatoms. The summed E-state index contributed by atoms with van der Waals surface area (Å²) in [6.07, 6.45) is 1.91. The Morgan fingerprint density at radius 1 is 1.17 bits per heavy atom. The van der Waals surface area contributed by atoms with Gasteiger partial charge in [0.1, 0.15) is 0 Å². The van der Waals surface area contributed by atoms with E-state index in [4.69, 9.17) is 0 Å². The van der Waals surface area contributed by atoms with Gasteiger partial charge in [-0.2, -0.15) is 0 Å². The fourth-order valence-corrected chi connectivity index (χ4v) is 2.09. The maximum absolute atomic E-state index is 4.57. The lowest BCUT2D eigenvalue weighted by Crippen LogP contribution is -2.38. The molecule has 0 saturated heterocycles. The summed E-state index contributed by atoms with van der Waals surface area (Å²) in [6, 6.07) is 10.5. The summed E-state index contributed by atoms with van der Waals surface area (Å²) in [5.74, 6) is 0.412. The third kappa shape index (κ3) is 3.08. The molecule has 0 radical (unpaired) electrons. The van der Waals surface area contributed by atoms with Crippen LogP contribution < -0.4 is 5.32 Å². The zero-order chi connectivity index (χ0) is 13.2. The van der Waals surface area contributed by atoms with Gasteiger partial charge in [-0.25, -0.2) is 0 Å². The van der Waals surface area contributed by atoms with Gasteiger partial charge in [0.2, 0.25) is 0 Å². The van der Waals surface area contributed by atoms with E-state index >= 15 is 0 Å². The monoisotopic (exact) mass is 242 g/mol. The first-order valence-corrected chi connectivity index (χ1v) is 6.56. The van der Waals surface area contributed by atoms with Crippen LogP contribution in [-0.4, -0.2) is 17.1 Å². The molecule has 1 aromatic carbocycles. The van der Waals surface area contributed by atoms with Crippen LogP contribution >= 0.6 is 0 Å². The standard InChI is InChI=1S/C16H22N2/c1-12(11-18-16(2,3)4)15-14-8-6-5-7-13(14)9-10-17-15/h5-10,12,18H,11H2,1-4H3/t12-/m1/s1. The minimum atomic E-state index is 0.152. The summed E-state index contributed by atoms with van der Waals surface area (Å²) >= 11 is 0. The van der Waals surface area contributed by atoms with Crippen LogP contribution in [0.2, 0.25) is 0 Å². The highest BCUT2D eigenvalue weighted by molar-refractivity contribution is 5.84. The molecule has 2 nitrogen and oxygen atoms in total. The highest BCUT2D eigenvalue weighted by atomic mass is 14.9. The molecule has 0 unspecified atom stereocenters. The summed E-state index contributed by atoms with van der Waals surface area (Å²) in [7, 11) is 0. The first-order valence-electron chi connectivity index (χ1n) is 6.56. The van der Waals surface area contributed by atoms with E-state index in [1.165, 1.54) is 16.5 Å². The Kier molecular flexibility index (Phi) is 3.67. The Labute approximate surface area is 109 Å². The number of hydrogen-bond donors (Lipinski definition) is 1. The molecule has 0 saturated carbocycles. The number of nitrogens with one attached hydrogen (secondary N) is 1. The maximum Gasteiger partial charge on any atom is 0.0522 e. The molecule has 0 bridgehead atoms. The van der Waals surface area contributed by atoms with E-state index in [9.17, 15) is 0 Å². The van der Waals surface area contributed by atoms with Crippen LogP contribution in [0, 0.1) is 0 Å². The zero-order valence-electron chi connectivity index (χ0n) is 11.7. The number of fused-ring (bicyclic) bond motifs is 1. The van der Waals surface area contributed by atoms with Gasteiger partial charge >= 0.3 is 0 Å².